The lowest BCUT2D eigenvalue weighted by atomic mass is 10.1. The normalized spacial score (nSPS) is 26.1. The van der Waals surface area contributed by atoms with Gasteiger partial charge in [0.05, 0.1) is 31.0 Å². The van der Waals surface area contributed by atoms with Crippen LogP contribution in [0.5, 0.6) is 5.75 Å². The van der Waals surface area contributed by atoms with Crippen molar-refractivity contribution < 1.29 is 22.6 Å². The van der Waals surface area contributed by atoms with Gasteiger partial charge in [-0.25, -0.2) is 14.4 Å². The van der Waals surface area contributed by atoms with Crippen molar-refractivity contribution in [2.75, 3.05) is 41.8 Å². The number of nitrogens with two attached hydrogens (primary N) is 1. The van der Waals surface area contributed by atoms with Gasteiger partial charge in [-0.3, -0.25) is 0 Å². The average molecular weight is 452 g/mol. The van der Waals surface area contributed by atoms with E-state index in [9.17, 15) is 13.2 Å². The molecule has 11 heteroatoms. The van der Waals surface area contributed by atoms with Gasteiger partial charge in [0.15, 0.2) is 11.6 Å². The molecule has 2 aromatic heterocycles. The van der Waals surface area contributed by atoms with Gasteiger partial charge in [-0.1, -0.05) is 0 Å². The lowest BCUT2D eigenvalue weighted by Gasteiger charge is -2.38. The van der Waals surface area contributed by atoms with Gasteiger partial charge in [-0.05, 0) is 26.8 Å². The van der Waals surface area contributed by atoms with E-state index in [1.807, 2.05) is 13.8 Å². The second-order valence-corrected chi connectivity index (χ2v) is 8.63. The highest BCUT2D eigenvalue weighted by molar-refractivity contribution is 5.68. The van der Waals surface area contributed by atoms with Crippen LogP contribution in [0, 0.1) is 0 Å². The Kier molecular flexibility index (Phi) is 6.02. The topological polar surface area (TPSA) is 89.6 Å². The molecule has 32 heavy (non-hydrogen) atoms. The summed E-state index contributed by atoms with van der Waals surface area (Å²) in [4.78, 5) is 17.2. The number of nitrogens with zero attached hydrogens (tertiary/aromatic N) is 5. The van der Waals surface area contributed by atoms with Crippen molar-refractivity contribution in [2.24, 2.45) is 0 Å². The number of morpholine rings is 1. The molecule has 174 valence electrons. The smallest absolute Gasteiger partial charge is 0.387 e. The molecule has 1 unspecified atom stereocenters. The van der Waals surface area contributed by atoms with Crippen LogP contribution in [-0.2, 0) is 4.74 Å². The first kappa shape index (κ1) is 22.4. The summed E-state index contributed by atoms with van der Waals surface area (Å²) < 4.78 is 50.3. The zero-order chi connectivity index (χ0) is 23.0. The summed E-state index contributed by atoms with van der Waals surface area (Å²) in [5, 5.41) is 0. The molecular weight excluding hydrogens is 425 g/mol. The van der Waals surface area contributed by atoms with Crippen LogP contribution in [0.2, 0.25) is 0 Å². The molecule has 0 spiro atoms. The molecule has 0 aliphatic carbocycles. The number of nitrogen functional groups attached to an aromatic ring is 1. The van der Waals surface area contributed by atoms with Crippen LogP contribution < -0.4 is 20.3 Å². The number of hydrogen-bond acceptors (Lipinski definition) is 8. The van der Waals surface area contributed by atoms with Crippen molar-refractivity contribution in [3.63, 3.8) is 0 Å². The molecule has 8 nitrogen and oxygen atoms in total. The Bertz CT molecular complexity index is 977. The first-order valence-electron chi connectivity index (χ1n) is 10.5. The molecule has 2 fully saturated rings. The van der Waals surface area contributed by atoms with E-state index in [-0.39, 0.29) is 30.3 Å². The Balaban J connectivity index is 1.77. The minimum atomic E-state index is -3.03. The van der Waals surface area contributed by atoms with Crippen LogP contribution >= 0.6 is 0 Å². The Morgan fingerprint density at radius 1 is 1.28 bits per heavy atom. The molecule has 0 bridgehead atoms. The Labute approximate surface area is 184 Å². The number of hydrogen-bond donors (Lipinski definition) is 1. The molecule has 2 saturated heterocycles. The van der Waals surface area contributed by atoms with Gasteiger partial charge in [0.1, 0.15) is 11.5 Å². The second-order valence-electron chi connectivity index (χ2n) is 8.63. The Morgan fingerprint density at radius 3 is 2.75 bits per heavy atom. The summed E-state index contributed by atoms with van der Waals surface area (Å²) in [6.45, 7) is 4.34. The first-order chi connectivity index (χ1) is 15.1. The van der Waals surface area contributed by atoms with E-state index >= 15 is 0 Å². The van der Waals surface area contributed by atoms with E-state index in [1.54, 1.807) is 17.9 Å². The maximum atomic E-state index is 14.5. The monoisotopic (exact) mass is 452 g/mol. The van der Waals surface area contributed by atoms with Gasteiger partial charge >= 0.3 is 6.61 Å². The molecule has 0 radical (unpaired) electrons. The van der Waals surface area contributed by atoms with Crippen LogP contribution in [0.1, 0.15) is 27.2 Å². The zero-order valence-electron chi connectivity index (χ0n) is 18.3. The van der Waals surface area contributed by atoms with Gasteiger partial charge in [0, 0.05) is 37.3 Å². The van der Waals surface area contributed by atoms with E-state index in [4.69, 9.17) is 15.5 Å². The molecule has 2 N–H and O–H groups in total. The maximum Gasteiger partial charge on any atom is 0.387 e. The number of anilines is 3. The number of alkyl halides is 3. The van der Waals surface area contributed by atoms with E-state index in [1.165, 1.54) is 12.3 Å². The summed E-state index contributed by atoms with van der Waals surface area (Å²) in [5.41, 5.74) is 5.24. The highest BCUT2D eigenvalue weighted by atomic mass is 19.3. The number of pyridine rings is 1. The van der Waals surface area contributed by atoms with Crippen LogP contribution in [0.3, 0.4) is 0 Å². The van der Waals surface area contributed by atoms with Gasteiger partial charge in [0.25, 0.3) is 0 Å². The van der Waals surface area contributed by atoms with Crippen molar-refractivity contribution >= 4 is 17.6 Å². The Morgan fingerprint density at radius 2 is 2.06 bits per heavy atom. The maximum absolute atomic E-state index is 14.5. The molecular formula is C21H27F3N6O2. The third-order valence-electron chi connectivity index (χ3n) is 5.70. The molecule has 4 rings (SSSR count). The zero-order valence-corrected chi connectivity index (χ0v) is 18.3. The van der Waals surface area contributed by atoms with Gasteiger partial charge in [0.2, 0.25) is 5.95 Å². The lowest BCUT2D eigenvalue weighted by molar-refractivity contribution is -0.0494. The molecule has 2 aliphatic heterocycles. The quantitative estimate of drug-likeness (QED) is 0.740. The van der Waals surface area contributed by atoms with Gasteiger partial charge in [-0.2, -0.15) is 13.8 Å². The average Bonchev–Trinajstić information content (AvgIpc) is 3.10. The molecule has 3 atom stereocenters. The predicted molar refractivity (Wildman–Crippen MR) is 115 cm³/mol. The summed E-state index contributed by atoms with van der Waals surface area (Å²) in [5.74, 6) is 0.642. The first-order valence-corrected chi connectivity index (χ1v) is 10.5. The largest absolute Gasteiger partial charge is 0.431 e. The highest BCUT2D eigenvalue weighted by Gasteiger charge is 2.35. The third-order valence-corrected chi connectivity index (χ3v) is 5.70. The molecule has 0 aromatic carbocycles. The highest BCUT2D eigenvalue weighted by Crippen LogP contribution is 2.33. The minimum Gasteiger partial charge on any atom is -0.431 e. The van der Waals surface area contributed by atoms with Crippen molar-refractivity contribution in [1.29, 1.82) is 0 Å². The van der Waals surface area contributed by atoms with E-state index in [0.29, 0.717) is 49.1 Å². The number of ether oxygens (including phenoxy) is 2. The lowest BCUT2D eigenvalue weighted by Crippen LogP contribution is -2.48. The molecule has 0 saturated carbocycles. The van der Waals surface area contributed by atoms with Crippen LogP contribution in [-0.4, -0.2) is 65.6 Å². The van der Waals surface area contributed by atoms with E-state index in [0.717, 1.165) is 0 Å². The van der Waals surface area contributed by atoms with Crippen molar-refractivity contribution in [2.45, 2.75) is 51.6 Å². The van der Waals surface area contributed by atoms with Crippen molar-refractivity contribution in [1.82, 2.24) is 15.0 Å². The fourth-order valence-corrected chi connectivity index (χ4v) is 3.96. The molecule has 2 aromatic rings. The minimum absolute atomic E-state index is 0.0122. The molecule has 2 aliphatic rings. The summed E-state index contributed by atoms with van der Waals surface area (Å²) in [6, 6.07) is 3.20. The Hall–Kier alpha value is -2.82. The molecule has 0 amide bonds. The summed E-state index contributed by atoms with van der Waals surface area (Å²) >= 11 is 0. The third kappa shape index (κ3) is 4.82. The standard InChI is InChI=1S/C21H27F3N6O2/c1-12-10-31-13(2)9-30(12)17-7-15(14-6-16(32-19(22)23)18(25)26-8-14)27-20(28-17)29-5-4-21(3,24)11-29/h6-8,12-13,19H,4-5,9-11H2,1-3H3,(H2,25,26)/t12-,13-,21?/m0/s1. The fraction of sp³-hybridized carbons (Fsp3) is 0.571. The van der Waals surface area contributed by atoms with E-state index < -0.39 is 12.3 Å². The summed E-state index contributed by atoms with van der Waals surface area (Å²) in [7, 11) is 0. The van der Waals surface area contributed by atoms with Crippen LogP contribution in [0.15, 0.2) is 18.3 Å². The van der Waals surface area contributed by atoms with Crippen LogP contribution in [0.25, 0.3) is 11.3 Å². The number of rotatable bonds is 5. The van der Waals surface area contributed by atoms with Gasteiger partial charge < -0.3 is 25.0 Å². The van der Waals surface area contributed by atoms with Crippen molar-refractivity contribution in [3.05, 3.63) is 18.3 Å². The molecule has 4 heterocycles. The van der Waals surface area contributed by atoms with E-state index in [2.05, 4.69) is 19.6 Å². The second kappa shape index (κ2) is 8.61. The number of halogens is 3. The van der Waals surface area contributed by atoms with Gasteiger partial charge in [-0.15, -0.1) is 0 Å². The number of aromatic nitrogens is 3. The van der Waals surface area contributed by atoms with Crippen LogP contribution in [0.4, 0.5) is 30.8 Å². The SMILES string of the molecule is C[C@H]1CN(c2cc(-c3cnc(N)c(OC(F)F)c3)nc(N3CCC(C)(F)C3)n2)[C@@H](C)CO1. The van der Waals surface area contributed by atoms with Crippen molar-refractivity contribution in [3.8, 4) is 17.0 Å². The predicted octanol–water partition coefficient (Wildman–Crippen LogP) is 3.27. The summed E-state index contributed by atoms with van der Waals surface area (Å²) in [6.07, 6.45) is 1.83. The fourth-order valence-electron chi connectivity index (χ4n) is 3.96.